The number of aromatic amines is 1. The Bertz CT molecular complexity index is 1240. The van der Waals surface area contributed by atoms with Gasteiger partial charge >= 0.3 is 0 Å². The van der Waals surface area contributed by atoms with Crippen molar-refractivity contribution in [2.45, 2.75) is 42.5 Å². The lowest BCUT2D eigenvalue weighted by atomic mass is 9.66. The van der Waals surface area contributed by atoms with E-state index in [2.05, 4.69) is 11.1 Å². The van der Waals surface area contributed by atoms with E-state index in [0.717, 1.165) is 34.9 Å². The Morgan fingerprint density at radius 3 is 2.74 bits per heavy atom. The number of halogens is 1. The summed E-state index contributed by atoms with van der Waals surface area (Å²) in [7, 11) is -2.28. The number of hydrogen-bond acceptors (Lipinski definition) is 5. The van der Waals surface area contributed by atoms with Crippen molar-refractivity contribution in [1.82, 2.24) is 10.0 Å². The average molecular weight is 461 g/mol. The van der Waals surface area contributed by atoms with E-state index in [-0.39, 0.29) is 17.4 Å². The molecule has 2 atom stereocenters. The number of fused-ring (bicyclic) bond motifs is 2. The summed E-state index contributed by atoms with van der Waals surface area (Å²) in [5.41, 5.74) is 3.49. The molecule has 0 unspecified atom stereocenters. The predicted molar refractivity (Wildman–Crippen MR) is 120 cm³/mol. The number of aromatic nitrogens is 1. The number of aryl methyl sites for hydroxylation is 1. The molecule has 1 saturated heterocycles. The summed E-state index contributed by atoms with van der Waals surface area (Å²) >= 11 is 6.58. The van der Waals surface area contributed by atoms with Crippen LogP contribution in [0, 0.1) is 6.92 Å². The summed E-state index contributed by atoms with van der Waals surface area (Å²) in [6.45, 7) is 2.60. The van der Waals surface area contributed by atoms with Crippen LogP contribution in [0.15, 0.2) is 47.4 Å². The zero-order chi connectivity index (χ0) is 21.8. The van der Waals surface area contributed by atoms with Crippen LogP contribution in [0.4, 0.5) is 0 Å². The summed E-state index contributed by atoms with van der Waals surface area (Å²) in [5, 5.41) is 3.63. The molecule has 164 valence electrons. The number of nitrogens with one attached hydrogen (secondary N) is 1. The zero-order valence-electron chi connectivity index (χ0n) is 17.5. The normalized spacial score (nSPS) is 23.8. The maximum atomic E-state index is 13.0. The molecule has 0 saturated carbocycles. The maximum Gasteiger partial charge on any atom is 0.297 e. The van der Waals surface area contributed by atoms with Crippen molar-refractivity contribution < 1.29 is 17.4 Å². The minimum atomic E-state index is -3.91. The molecule has 3 aromatic rings. The molecule has 5 rings (SSSR count). The second-order valence-electron chi connectivity index (χ2n) is 8.48. The highest BCUT2D eigenvalue weighted by molar-refractivity contribution is 7.86. The first kappa shape index (κ1) is 21.0. The first-order chi connectivity index (χ1) is 14.9. The molecule has 1 aliphatic heterocycles. The fraction of sp³-hybridized carbons (Fsp3) is 0.391. The van der Waals surface area contributed by atoms with Crippen LogP contribution < -0.4 is 0 Å². The smallest absolute Gasteiger partial charge is 0.297 e. The highest BCUT2D eigenvalue weighted by atomic mass is 35.5. The van der Waals surface area contributed by atoms with E-state index in [4.69, 9.17) is 20.6 Å². The second-order valence-corrected chi connectivity index (χ2v) is 10.5. The number of benzene rings is 2. The van der Waals surface area contributed by atoms with E-state index < -0.39 is 15.7 Å². The standard InChI is InChI=1S/C23H25ClN2O4S/c1-15-8-10-16(11-9-15)31(27,28)30-14-23-13-18-21-17(5-3-7-20(21)25-22(18)24)19(23)6-4-12-26(23)29-2/h3,5,7-11,19,25H,4,6,12-14H2,1-2H3/t19-,23+/m1/s1. The molecule has 0 radical (unpaired) electrons. The van der Waals surface area contributed by atoms with Crippen molar-refractivity contribution in [1.29, 1.82) is 0 Å². The molecule has 1 N–H and O–H groups in total. The molecular formula is C23H25ClN2O4S. The van der Waals surface area contributed by atoms with Crippen LogP contribution in [0.25, 0.3) is 10.9 Å². The van der Waals surface area contributed by atoms with E-state index in [9.17, 15) is 8.42 Å². The Hall–Kier alpha value is -1.90. The third-order valence-corrected chi connectivity index (χ3v) is 8.36. The Kier molecular flexibility index (Phi) is 5.14. The van der Waals surface area contributed by atoms with Crippen LogP contribution in [0.2, 0.25) is 5.15 Å². The van der Waals surface area contributed by atoms with Crippen LogP contribution in [0.5, 0.6) is 0 Å². The maximum absolute atomic E-state index is 13.0. The Morgan fingerprint density at radius 2 is 2.00 bits per heavy atom. The molecule has 2 heterocycles. The summed E-state index contributed by atoms with van der Waals surface area (Å²) in [6, 6.07) is 12.9. The average Bonchev–Trinajstić information content (AvgIpc) is 3.08. The van der Waals surface area contributed by atoms with E-state index in [1.807, 2.05) is 24.1 Å². The number of H-pyrrole nitrogens is 1. The van der Waals surface area contributed by atoms with Crippen LogP contribution in [0.1, 0.15) is 35.4 Å². The molecule has 31 heavy (non-hydrogen) atoms. The van der Waals surface area contributed by atoms with Gasteiger partial charge < -0.3 is 9.82 Å². The van der Waals surface area contributed by atoms with Crippen molar-refractivity contribution in [2.75, 3.05) is 20.3 Å². The van der Waals surface area contributed by atoms with Gasteiger partial charge in [0.15, 0.2) is 0 Å². The Balaban J connectivity index is 1.57. The Morgan fingerprint density at radius 1 is 1.23 bits per heavy atom. The predicted octanol–water partition coefficient (Wildman–Crippen LogP) is 4.57. The number of rotatable bonds is 5. The molecule has 0 bridgehead atoms. The first-order valence-corrected chi connectivity index (χ1v) is 12.2. The SMILES string of the molecule is CON1CCC[C@@H]2c3cccc4[nH]c(Cl)c(c34)C[C@]21COS(=O)(=O)c1ccc(C)cc1. The van der Waals surface area contributed by atoms with Gasteiger partial charge in [0, 0.05) is 23.4 Å². The van der Waals surface area contributed by atoms with E-state index >= 15 is 0 Å². The van der Waals surface area contributed by atoms with Gasteiger partial charge in [-0.1, -0.05) is 41.4 Å². The van der Waals surface area contributed by atoms with Crippen molar-refractivity contribution in [3.05, 3.63) is 64.3 Å². The Labute approximate surface area is 187 Å². The molecule has 0 amide bonds. The summed E-state index contributed by atoms with van der Waals surface area (Å²) in [6.07, 6.45) is 2.43. The minimum absolute atomic E-state index is 0.0148. The van der Waals surface area contributed by atoms with Gasteiger partial charge in [0.25, 0.3) is 10.1 Å². The van der Waals surface area contributed by atoms with Crippen molar-refractivity contribution in [2.24, 2.45) is 0 Å². The number of hydrogen-bond donors (Lipinski definition) is 1. The summed E-state index contributed by atoms with van der Waals surface area (Å²) in [5.74, 6) is 0.0671. The van der Waals surface area contributed by atoms with Gasteiger partial charge in [-0.05, 0) is 55.5 Å². The summed E-state index contributed by atoms with van der Waals surface area (Å²) < 4.78 is 31.7. The van der Waals surface area contributed by atoms with Gasteiger partial charge in [0.2, 0.25) is 0 Å². The van der Waals surface area contributed by atoms with Crippen molar-refractivity contribution in [3.63, 3.8) is 0 Å². The molecule has 2 aliphatic rings. The number of hydroxylamine groups is 2. The topological polar surface area (TPSA) is 71.6 Å². The number of nitrogens with zero attached hydrogens (tertiary/aromatic N) is 1. The van der Waals surface area contributed by atoms with Crippen LogP contribution in [-0.2, 0) is 25.6 Å². The molecule has 1 fully saturated rings. The molecule has 1 aromatic heterocycles. The fourth-order valence-corrected chi connectivity index (χ4v) is 6.51. The van der Waals surface area contributed by atoms with Crippen molar-refractivity contribution >= 4 is 32.6 Å². The second kappa shape index (κ2) is 7.60. The molecule has 8 heteroatoms. The lowest BCUT2D eigenvalue weighted by molar-refractivity contribution is -0.232. The van der Waals surface area contributed by atoms with Gasteiger partial charge in [-0.15, -0.1) is 0 Å². The molecule has 2 aromatic carbocycles. The third-order valence-electron chi connectivity index (χ3n) is 6.76. The fourth-order valence-electron chi connectivity index (χ4n) is 5.29. The molecule has 6 nitrogen and oxygen atoms in total. The van der Waals surface area contributed by atoms with Gasteiger partial charge in [-0.2, -0.15) is 13.5 Å². The third kappa shape index (κ3) is 3.31. The van der Waals surface area contributed by atoms with Gasteiger partial charge in [0.05, 0.1) is 24.2 Å². The largest absolute Gasteiger partial charge is 0.345 e. The van der Waals surface area contributed by atoms with Gasteiger partial charge in [0.1, 0.15) is 5.15 Å². The van der Waals surface area contributed by atoms with E-state index in [0.29, 0.717) is 18.1 Å². The lowest BCUT2D eigenvalue weighted by Gasteiger charge is -2.52. The quantitative estimate of drug-likeness (QED) is 0.564. The number of piperidine rings is 1. The molecular weight excluding hydrogens is 436 g/mol. The van der Waals surface area contributed by atoms with Crippen LogP contribution in [0.3, 0.4) is 0 Å². The zero-order valence-corrected chi connectivity index (χ0v) is 19.1. The molecule has 0 spiro atoms. The van der Waals surface area contributed by atoms with E-state index in [1.165, 1.54) is 5.56 Å². The van der Waals surface area contributed by atoms with Crippen LogP contribution >= 0.6 is 11.6 Å². The highest BCUT2D eigenvalue weighted by Crippen LogP contribution is 2.51. The minimum Gasteiger partial charge on any atom is -0.345 e. The first-order valence-electron chi connectivity index (χ1n) is 10.4. The van der Waals surface area contributed by atoms with Crippen LogP contribution in [-0.4, -0.2) is 44.3 Å². The lowest BCUT2D eigenvalue weighted by Crippen LogP contribution is -2.61. The monoisotopic (exact) mass is 460 g/mol. The van der Waals surface area contributed by atoms with Crippen molar-refractivity contribution in [3.8, 4) is 0 Å². The van der Waals surface area contributed by atoms with Gasteiger partial charge in [-0.25, -0.2) is 0 Å². The molecule has 1 aliphatic carbocycles. The van der Waals surface area contributed by atoms with Gasteiger partial charge in [-0.3, -0.25) is 4.18 Å². The summed E-state index contributed by atoms with van der Waals surface area (Å²) in [4.78, 5) is 9.21. The highest BCUT2D eigenvalue weighted by Gasteiger charge is 2.52. The van der Waals surface area contributed by atoms with E-state index in [1.54, 1.807) is 31.4 Å².